The lowest BCUT2D eigenvalue weighted by atomic mass is 10.0. The molecule has 33 heavy (non-hydrogen) atoms. The number of anilines is 1. The molecule has 0 saturated heterocycles. The summed E-state index contributed by atoms with van der Waals surface area (Å²) in [5.41, 5.74) is 4.10. The third kappa shape index (κ3) is 5.40. The van der Waals surface area contributed by atoms with Crippen LogP contribution in [0, 0.1) is 10.2 Å². The Morgan fingerprint density at radius 2 is 1.52 bits per heavy atom. The average Bonchev–Trinajstić information content (AvgIpc) is 3.08. The molecule has 2 aromatic rings. The van der Waals surface area contributed by atoms with Crippen molar-refractivity contribution in [3.05, 3.63) is 95.9 Å². The van der Waals surface area contributed by atoms with Crippen LogP contribution in [0.1, 0.15) is 5.76 Å². The van der Waals surface area contributed by atoms with Gasteiger partial charge in [-0.1, -0.05) is 42.5 Å². The third-order valence-corrected chi connectivity index (χ3v) is 4.93. The molecule has 0 amide bonds. The summed E-state index contributed by atoms with van der Waals surface area (Å²) >= 11 is 0. The Morgan fingerprint density at radius 1 is 0.848 bits per heavy atom. The Bertz CT molecular complexity index is 1320. The Kier molecular flexibility index (Phi) is 6.19. The van der Waals surface area contributed by atoms with Gasteiger partial charge in [0.15, 0.2) is 11.1 Å². The quantitative estimate of drug-likeness (QED) is 0.390. The minimum absolute atomic E-state index is 0.670. The lowest BCUT2D eigenvalue weighted by molar-refractivity contribution is -2.00. The number of hydrogen-bond donors (Lipinski definition) is 1. The maximum absolute atomic E-state index is 8.49. The monoisotopic (exact) mass is 466 g/mol. The van der Waals surface area contributed by atoms with Gasteiger partial charge in [-0.2, -0.15) is 0 Å². The number of ether oxygens (including phenoxy) is 1. The van der Waals surface area contributed by atoms with E-state index in [0.717, 1.165) is 39.6 Å². The largest absolute Gasteiger partial charge is 0.456 e. The first-order valence-corrected chi connectivity index (χ1v) is 11.0. The summed E-state index contributed by atoms with van der Waals surface area (Å²) in [5.74, 6) is 3.01. The summed E-state index contributed by atoms with van der Waals surface area (Å²) in [6.45, 7) is 0. The molecule has 2 heterocycles. The molecule has 1 aliphatic carbocycles. The summed E-state index contributed by atoms with van der Waals surface area (Å²) in [6.07, 6.45) is 1.94. The molecule has 0 spiro atoms. The van der Waals surface area contributed by atoms with E-state index in [1.54, 1.807) is 0 Å². The smallest absolute Gasteiger partial charge is 0.204 e. The van der Waals surface area contributed by atoms with Crippen molar-refractivity contribution in [2.75, 3.05) is 11.9 Å². The molecule has 2 N–H and O–H groups in total. The molecule has 9 heteroatoms. The van der Waals surface area contributed by atoms with Crippen LogP contribution in [0.5, 0.6) is 5.75 Å². The number of benzene rings is 3. The van der Waals surface area contributed by atoms with Gasteiger partial charge in [0.25, 0.3) is 0 Å². The molecule has 0 aromatic heterocycles. The second-order valence-corrected chi connectivity index (χ2v) is 7.93. The van der Waals surface area contributed by atoms with Gasteiger partial charge >= 0.3 is 0 Å². The maximum Gasteiger partial charge on any atom is 0.204 e. The van der Waals surface area contributed by atoms with Gasteiger partial charge in [-0.3, -0.25) is 5.41 Å². The molecule has 0 fully saturated rings. The van der Waals surface area contributed by atoms with Crippen molar-refractivity contribution in [2.24, 2.45) is 0 Å². The number of halogens is 1. The van der Waals surface area contributed by atoms with Crippen molar-refractivity contribution in [3.8, 4) is 28.2 Å². The molecular formula is C24H19ClN2O6. The normalized spacial score (nSPS) is 14.0. The molecule has 0 unspecified atom stereocenters. The second kappa shape index (κ2) is 9.07. The highest BCUT2D eigenvalue weighted by atomic mass is 35.7. The molecule has 2 aromatic carbocycles. The van der Waals surface area contributed by atoms with Gasteiger partial charge < -0.3 is 14.1 Å². The lowest BCUT2D eigenvalue weighted by Crippen LogP contribution is -2.68. The van der Waals surface area contributed by atoms with Gasteiger partial charge in [-0.25, -0.2) is 18.6 Å². The first-order valence-electron chi connectivity index (χ1n) is 9.75. The molecule has 8 nitrogen and oxygen atoms in total. The second-order valence-electron chi connectivity index (χ2n) is 7.18. The van der Waals surface area contributed by atoms with E-state index in [1.165, 1.54) is 0 Å². The molecule has 3 aliphatic rings. The predicted molar refractivity (Wildman–Crippen MR) is 109 cm³/mol. The van der Waals surface area contributed by atoms with E-state index >= 15 is 0 Å². The highest BCUT2D eigenvalue weighted by Crippen LogP contribution is 2.39. The molecule has 5 rings (SSSR count). The number of nitrogens with zero attached hydrogens (tertiary/aromatic N) is 1. The standard InChI is InChI=1S/C24H18N2O2.ClHO4/c1-26-20-9-5-6-10-21(20)28-24(26)15-23-19(16-7-3-2-4-8-16)13-17-11-12-18(25)14-22(17)27-23;2-1(3,4)5/h2-15,25H,1H3;(H,2,3,4,5)/b24-15-,25-18?;. The van der Waals surface area contributed by atoms with Crippen LogP contribution in [0.25, 0.3) is 28.5 Å². The fraction of sp³-hybridized carbons (Fsp3) is 0.0417. The van der Waals surface area contributed by atoms with Gasteiger partial charge in [-0.15, -0.1) is 10.2 Å². The molecule has 0 bridgehead atoms. The van der Waals surface area contributed by atoms with Gasteiger partial charge in [0, 0.05) is 30.3 Å². The summed E-state index contributed by atoms with van der Waals surface area (Å²) in [4.78, 5) is 2.02. The van der Waals surface area contributed by atoms with Crippen molar-refractivity contribution >= 4 is 11.8 Å². The number of rotatable bonds is 2. The van der Waals surface area contributed by atoms with E-state index < -0.39 is 10.2 Å². The van der Waals surface area contributed by atoms with E-state index in [4.69, 9.17) is 33.2 Å². The van der Waals surface area contributed by atoms with Crippen molar-refractivity contribution in [1.82, 2.24) is 0 Å². The third-order valence-electron chi connectivity index (χ3n) is 4.93. The summed E-state index contributed by atoms with van der Waals surface area (Å²) in [6, 6.07) is 26.0. The highest BCUT2D eigenvalue weighted by Gasteiger charge is 2.24. The molecular weight excluding hydrogens is 448 g/mol. The number of para-hydroxylation sites is 2. The van der Waals surface area contributed by atoms with Crippen LogP contribution < -0.4 is 39.0 Å². The number of nitrogens with two attached hydrogens (primary N) is 1. The Hall–Kier alpha value is -3.66. The van der Waals surface area contributed by atoms with Crippen LogP contribution in [0.15, 0.2) is 89.2 Å². The molecule has 168 valence electrons. The van der Waals surface area contributed by atoms with Gasteiger partial charge in [0.05, 0.1) is 11.8 Å². The SMILES string of the molecule is CN1/C(=C/c2oc3cc(=[NH2+])ccc-3cc2-c2ccccc2)Oc2ccccc21.[O-][Cl+3]([O-])([O-])[O-]. The van der Waals surface area contributed by atoms with Crippen molar-refractivity contribution in [1.29, 1.82) is 0 Å². The van der Waals surface area contributed by atoms with Crippen LogP contribution >= 0.6 is 0 Å². The Labute approximate surface area is 191 Å². The van der Waals surface area contributed by atoms with Crippen molar-refractivity contribution < 1.29 is 43.4 Å². The summed E-state index contributed by atoms with van der Waals surface area (Å²) in [7, 11) is -2.96. The minimum atomic E-state index is -4.94. The predicted octanol–water partition coefficient (Wildman–Crippen LogP) is -1.22. The van der Waals surface area contributed by atoms with Gasteiger partial charge in [0.2, 0.25) is 5.88 Å². The summed E-state index contributed by atoms with van der Waals surface area (Å²) in [5, 5.41) is 6.63. The van der Waals surface area contributed by atoms with Crippen LogP contribution in [0.4, 0.5) is 5.69 Å². The van der Waals surface area contributed by atoms with Crippen LogP contribution in [-0.2, 0) is 0 Å². The zero-order chi connectivity index (χ0) is 23.6. The minimum Gasteiger partial charge on any atom is -0.456 e. The molecule has 0 atom stereocenters. The zero-order valence-corrected chi connectivity index (χ0v) is 18.2. The summed E-state index contributed by atoms with van der Waals surface area (Å²) < 4.78 is 46.3. The van der Waals surface area contributed by atoms with E-state index in [0.29, 0.717) is 11.2 Å². The molecule has 0 radical (unpaired) electrons. The first kappa shape index (κ1) is 22.5. The van der Waals surface area contributed by atoms with Crippen LogP contribution in [0.3, 0.4) is 0 Å². The topological polar surface area (TPSA) is 143 Å². The Morgan fingerprint density at radius 3 is 2.21 bits per heavy atom. The van der Waals surface area contributed by atoms with Gasteiger partial charge in [-0.05, 0) is 29.8 Å². The lowest BCUT2D eigenvalue weighted by Gasteiger charge is -2.17. The van der Waals surface area contributed by atoms with Crippen LogP contribution in [-0.4, -0.2) is 7.05 Å². The number of hydrogen-bond acceptors (Lipinski definition) is 7. The van der Waals surface area contributed by atoms with E-state index in [1.807, 2.05) is 78.7 Å². The number of fused-ring (bicyclic) bond motifs is 2. The fourth-order valence-corrected chi connectivity index (χ4v) is 3.47. The first-order chi connectivity index (χ1) is 15.7. The van der Waals surface area contributed by atoms with Crippen molar-refractivity contribution in [2.45, 2.75) is 0 Å². The van der Waals surface area contributed by atoms with E-state index in [-0.39, 0.29) is 0 Å². The average molecular weight is 467 g/mol. The van der Waals surface area contributed by atoms with E-state index in [9.17, 15) is 0 Å². The van der Waals surface area contributed by atoms with Crippen LogP contribution in [0.2, 0.25) is 0 Å². The zero-order valence-electron chi connectivity index (χ0n) is 17.4. The Balaban J connectivity index is 0.000000471. The van der Waals surface area contributed by atoms with Crippen molar-refractivity contribution in [3.63, 3.8) is 0 Å². The molecule has 2 aliphatic heterocycles. The molecule has 0 saturated carbocycles. The fourth-order valence-electron chi connectivity index (χ4n) is 3.47. The van der Waals surface area contributed by atoms with Gasteiger partial charge in [0.1, 0.15) is 11.5 Å². The highest BCUT2D eigenvalue weighted by molar-refractivity contribution is 5.80. The van der Waals surface area contributed by atoms with E-state index in [2.05, 4.69) is 18.2 Å². The maximum atomic E-state index is 8.49.